The van der Waals surface area contributed by atoms with Gasteiger partial charge in [-0.1, -0.05) is 71.8 Å². The van der Waals surface area contributed by atoms with Crippen LogP contribution in [0.4, 0.5) is 0 Å². The predicted octanol–water partition coefficient (Wildman–Crippen LogP) is 3.56. The van der Waals surface area contributed by atoms with Gasteiger partial charge in [-0.3, -0.25) is 0 Å². The van der Waals surface area contributed by atoms with Gasteiger partial charge in [-0.25, -0.2) is 29.3 Å². The van der Waals surface area contributed by atoms with E-state index < -0.39 is 17.9 Å². The maximum absolute atomic E-state index is 11.5. The Morgan fingerprint density at radius 1 is 0.457 bits per heavy atom. The molecule has 0 unspecified atom stereocenters. The van der Waals surface area contributed by atoms with Crippen molar-refractivity contribution in [3.8, 4) is 17.2 Å². The summed E-state index contributed by atoms with van der Waals surface area (Å²) in [5, 5.41) is 62.7. The number of carbonyl (C=O) groups is 3. The van der Waals surface area contributed by atoms with Gasteiger partial charge >= 0.3 is 35.3 Å². The molecule has 0 spiro atoms. The molecule has 0 atom stereocenters. The van der Waals surface area contributed by atoms with E-state index in [0.29, 0.717) is 16.2 Å². The molecule has 228 valence electrons. The van der Waals surface area contributed by atoms with Crippen LogP contribution in [0.15, 0.2) is 72.8 Å². The van der Waals surface area contributed by atoms with Crippen molar-refractivity contribution < 1.29 is 45.0 Å². The number of pyridine rings is 3. The van der Waals surface area contributed by atoms with Crippen LogP contribution in [-0.4, -0.2) is 65.5 Å². The maximum atomic E-state index is 11.5. The van der Waals surface area contributed by atoms with E-state index in [2.05, 4.69) is 15.0 Å². The average molecular weight is 634 g/mol. The second-order valence-electron chi connectivity index (χ2n) is 9.84. The molecule has 46 heavy (non-hydrogen) atoms. The third-order valence-corrected chi connectivity index (χ3v) is 6.77. The molecular weight excluding hydrogens is 609 g/mol. The summed E-state index contributed by atoms with van der Waals surface area (Å²) in [4.78, 5) is 43.5. The minimum atomic E-state index is -1.13. The van der Waals surface area contributed by atoms with Gasteiger partial charge in [0, 0.05) is 16.2 Å². The van der Waals surface area contributed by atoms with Gasteiger partial charge in [-0.2, -0.15) is 0 Å². The zero-order valence-electron chi connectivity index (χ0n) is 24.6. The van der Waals surface area contributed by atoms with Crippen molar-refractivity contribution in [3.05, 3.63) is 107 Å². The number of hydrogen-bond donors (Lipinski definition) is 3. The number of rotatable bonds is 3. The smallest absolute Gasteiger partial charge is 0.871 e. The summed E-state index contributed by atoms with van der Waals surface area (Å²) >= 11 is 0. The molecule has 12 nitrogen and oxygen atoms in total. The maximum Gasteiger partial charge on any atom is 3.00 e. The summed E-state index contributed by atoms with van der Waals surface area (Å²) < 4.78 is 0. The molecule has 3 heterocycles. The van der Waals surface area contributed by atoms with Crippen LogP contribution in [0.2, 0.25) is 0 Å². The predicted molar refractivity (Wildman–Crippen MR) is 164 cm³/mol. The van der Waals surface area contributed by atoms with Crippen LogP contribution in [0.3, 0.4) is 0 Å². The molecule has 0 fully saturated rings. The second-order valence-corrected chi connectivity index (χ2v) is 9.84. The summed E-state index contributed by atoms with van der Waals surface area (Å²) in [7, 11) is 0. The molecule has 6 rings (SSSR count). The van der Waals surface area contributed by atoms with Gasteiger partial charge in [0.25, 0.3) is 0 Å². The van der Waals surface area contributed by atoms with E-state index in [1.165, 1.54) is 36.4 Å². The largest absolute Gasteiger partial charge is 3.00 e. The minimum absolute atomic E-state index is 0. The normalized spacial score (nSPS) is 10.2. The number of carboxylic acids is 3. The molecule has 0 bridgehead atoms. The molecule has 0 saturated heterocycles. The fourth-order valence-corrected chi connectivity index (χ4v) is 4.36. The van der Waals surface area contributed by atoms with E-state index in [0.717, 1.165) is 16.7 Å². The van der Waals surface area contributed by atoms with E-state index >= 15 is 0 Å². The number of benzene rings is 3. The minimum Gasteiger partial charge on any atom is -0.871 e. The van der Waals surface area contributed by atoms with E-state index in [-0.39, 0.29) is 68.2 Å². The molecule has 0 saturated carbocycles. The van der Waals surface area contributed by atoms with Crippen molar-refractivity contribution in [1.29, 1.82) is 0 Å². The van der Waals surface area contributed by atoms with Crippen molar-refractivity contribution in [2.24, 2.45) is 0 Å². The number of aromatic carboxylic acids is 3. The van der Waals surface area contributed by atoms with E-state index in [1.807, 2.05) is 20.8 Å². The molecule has 0 radical (unpaired) electrons. The van der Waals surface area contributed by atoms with Gasteiger partial charge < -0.3 is 30.6 Å². The number of hydrogen-bond acceptors (Lipinski definition) is 9. The van der Waals surface area contributed by atoms with Crippen molar-refractivity contribution in [2.45, 2.75) is 20.8 Å². The standard InChI is InChI=1S/3C11H9NO3.Al/c3*1-6-2-5-9(13)10-7(6)3-4-8(12-10)11(14)15;/h3*2-5,13H,1H3,(H,14,15);/q;;;+3/p-3. The van der Waals surface area contributed by atoms with Gasteiger partial charge in [-0.05, 0) is 55.7 Å². The van der Waals surface area contributed by atoms with Gasteiger partial charge in [0.05, 0.1) is 16.6 Å². The molecule has 3 aromatic carbocycles. The summed E-state index contributed by atoms with van der Waals surface area (Å²) in [6.07, 6.45) is 0. The van der Waals surface area contributed by atoms with Gasteiger partial charge in [-0.15, -0.1) is 0 Å². The third kappa shape index (κ3) is 7.47. The first-order valence-corrected chi connectivity index (χ1v) is 13.2. The molecule has 3 aromatic heterocycles. The van der Waals surface area contributed by atoms with Crippen LogP contribution >= 0.6 is 0 Å². The number of carboxylic acid groups (broad SMARTS) is 3. The molecule has 0 aliphatic heterocycles. The Labute approximate surface area is 272 Å². The molecular formula is C33H24AlN3O9. The zero-order valence-corrected chi connectivity index (χ0v) is 25.8. The first kappa shape index (κ1) is 34.7. The fourth-order valence-electron chi connectivity index (χ4n) is 4.36. The van der Waals surface area contributed by atoms with Crippen molar-refractivity contribution >= 4 is 68.0 Å². The second kappa shape index (κ2) is 14.3. The Bertz CT molecular complexity index is 1890. The molecule has 3 N–H and O–H groups in total. The van der Waals surface area contributed by atoms with Crippen LogP contribution in [0.25, 0.3) is 32.7 Å². The summed E-state index contributed by atoms with van der Waals surface area (Å²) in [6.45, 7) is 5.55. The van der Waals surface area contributed by atoms with Crippen molar-refractivity contribution in [1.82, 2.24) is 15.0 Å². The zero-order chi connectivity index (χ0) is 33.0. The quantitative estimate of drug-likeness (QED) is 0.238. The Hall–Kier alpha value is -5.77. The Morgan fingerprint density at radius 3 is 0.913 bits per heavy atom. The first-order chi connectivity index (χ1) is 21.3. The molecule has 0 amide bonds. The van der Waals surface area contributed by atoms with Crippen molar-refractivity contribution in [3.63, 3.8) is 0 Å². The van der Waals surface area contributed by atoms with E-state index in [9.17, 15) is 29.7 Å². The van der Waals surface area contributed by atoms with Crippen LogP contribution in [0.1, 0.15) is 48.2 Å². The summed E-state index contributed by atoms with van der Waals surface area (Å²) in [5.74, 6) is -4.13. The van der Waals surface area contributed by atoms with E-state index in [4.69, 9.17) is 15.3 Å². The number of aromatic nitrogens is 3. The van der Waals surface area contributed by atoms with Crippen LogP contribution < -0.4 is 15.3 Å². The van der Waals surface area contributed by atoms with Gasteiger partial charge in [0.1, 0.15) is 17.1 Å². The molecule has 13 heteroatoms. The number of fused-ring (bicyclic) bond motifs is 3. The van der Waals surface area contributed by atoms with Crippen LogP contribution in [0.5, 0.6) is 17.2 Å². The summed E-state index contributed by atoms with van der Waals surface area (Å²) in [6, 6.07) is 18.3. The Balaban J connectivity index is 0.000000186. The fraction of sp³-hybridized carbons (Fsp3) is 0.0909. The van der Waals surface area contributed by atoms with Crippen LogP contribution in [0, 0.1) is 20.8 Å². The monoisotopic (exact) mass is 633 g/mol. The number of aryl methyl sites for hydroxylation is 3. The van der Waals surface area contributed by atoms with E-state index in [1.54, 1.807) is 36.4 Å². The summed E-state index contributed by atoms with van der Waals surface area (Å²) in [5.41, 5.74) is 3.07. The average Bonchev–Trinajstić information content (AvgIpc) is 3.02. The van der Waals surface area contributed by atoms with Crippen molar-refractivity contribution in [2.75, 3.05) is 0 Å². The molecule has 0 aliphatic rings. The van der Waals surface area contributed by atoms with Gasteiger partial charge in [0.2, 0.25) is 0 Å². The topological polar surface area (TPSA) is 220 Å². The Kier molecular flexibility index (Phi) is 10.8. The SMILES string of the molecule is Cc1ccc([O-])c2nc(C(=O)O)ccc12.Cc1ccc([O-])c2nc(C(=O)O)ccc12.Cc1ccc([O-])c2nc(C(=O)O)ccc12.[Al+3]. The third-order valence-electron chi connectivity index (χ3n) is 6.77. The molecule has 0 aliphatic carbocycles. The van der Waals surface area contributed by atoms with Gasteiger partial charge in [0.15, 0.2) is 0 Å². The van der Waals surface area contributed by atoms with Crippen LogP contribution in [-0.2, 0) is 0 Å². The molecule has 6 aromatic rings. The first-order valence-electron chi connectivity index (χ1n) is 13.2. The Morgan fingerprint density at radius 2 is 0.696 bits per heavy atom. The number of nitrogens with zero attached hydrogens (tertiary/aromatic N) is 3.